The van der Waals surface area contributed by atoms with Crippen molar-refractivity contribution in [1.82, 2.24) is 0 Å². The van der Waals surface area contributed by atoms with Gasteiger partial charge in [0, 0.05) is 16.6 Å². The lowest BCUT2D eigenvalue weighted by atomic mass is 10.1. The molecular formula is C19H22BrNO2. The van der Waals surface area contributed by atoms with Crippen LogP contribution < -0.4 is 10.1 Å². The number of carbonyl (C=O) groups excluding carboxylic acids is 1. The van der Waals surface area contributed by atoms with Gasteiger partial charge in [0.25, 0.3) is 0 Å². The van der Waals surface area contributed by atoms with Crippen molar-refractivity contribution in [2.45, 2.75) is 39.7 Å². The molecule has 0 saturated heterocycles. The van der Waals surface area contributed by atoms with E-state index in [1.54, 1.807) is 0 Å². The van der Waals surface area contributed by atoms with Gasteiger partial charge in [0.05, 0.1) is 6.10 Å². The monoisotopic (exact) mass is 375 g/mol. The first-order valence-electron chi connectivity index (χ1n) is 7.76. The number of aryl methyl sites for hydroxylation is 2. The number of hydrogen-bond donors (Lipinski definition) is 1. The van der Waals surface area contributed by atoms with Crippen LogP contribution in [0.15, 0.2) is 46.9 Å². The molecular weight excluding hydrogens is 354 g/mol. The second-order valence-corrected chi connectivity index (χ2v) is 6.64. The molecule has 1 N–H and O–H groups in total. The van der Waals surface area contributed by atoms with Gasteiger partial charge < -0.3 is 10.1 Å². The SMILES string of the molecule is Cc1cc(OC(C)C)ccc1NC(=O)CCc1ccccc1Br. The normalized spacial score (nSPS) is 10.7. The Hall–Kier alpha value is -1.81. The summed E-state index contributed by atoms with van der Waals surface area (Å²) < 4.78 is 6.70. The van der Waals surface area contributed by atoms with Gasteiger partial charge in [-0.3, -0.25) is 4.79 Å². The number of carbonyl (C=O) groups is 1. The second kappa shape index (κ2) is 8.16. The van der Waals surface area contributed by atoms with Crippen LogP contribution in [-0.2, 0) is 11.2 Å². The van der Waals surface area contributed by atoms with Crippen LogP contribution in [0.3, 0.4) is 0 Å². The Kier molecular flexibility index (Phi) is 6.22. The molecule has 0 aromatic heterocycles. The summed E-state index contributed by atoms with van der Waals surface area (Å²) in [6, 6.07) is 13.7. The summed E-state index contributed by atoms with van der Waals surface area (Å²) in [6.45, 7) is 5.95. The van der Waals surface area contributed by atoms with E-state index in [4.69, 9.17) is 4.74 Å². The molecule has 23 heavy (non-hydrogen) atoms. The molecule has 0 atom stereocenters. The second-order valence-electron chi connectivity index (χ2n) is 5.78. The van der Waals surface area contributed by atoms with E-state index in [9.17, 15) is 4.79 Å². The third kappa shape index (κ3) is 5.39. The highest BCUT2D eigenvalue weighted by Gasteiger charge is 2.08. The fourth-order valence-electron chi connectivity index (χ4n) is 2.28. The Morgan fingerprint density at radius 2 is 1.96 bits per heavy atom. The zero-order valence-electron chi connectivity index (χ0n) is 13.7. The van der Waals surface area contributed by atoms with E-state index < -0.39 is 0 Å². The summed E-state index contributed by atoms with van der Waals surface area (Å²) in [5.41, 5.74) is 2.97. The number of nitrogens with one attached hydrogen (secondary N) is 1. The number of amides is 1. The number of anilines is 1. The lowest BCUT2D eigenvalue weighted by Crippen LogP contribution is -2.13. The summed E-state index contributed by atoms with van der Waals surface area (Å²) in [6.07, 6.45) is 1.30. The minimum absolute atomic E-state index is 0.0152. The largest absolute Gasteiger partial charge is 0.491 e. The van der Waals surface area contributed by atoms with Crippen molar-refractivity contribution in [3.05, 3.63) is 58.1 Å². The third-order valence-corrected chi connectivity index (χ3v) is 4.20. The molecule has 0 spiro atoms. The summed E-state index contributed by atoms with van der Waals surface area (Å²) in [4.78, 5) is 12.2. The Balaban J connectivity index is 1.94. The molecule has 3 nitrogen and oxygen atoms in total. The molecule has 2 aromatic rings. The lowest BCUT2D eigenvalue weighted by molar-refractivity contribution is -0.116. The molecule has 0 aliphatic carbocycles. The van der Waals surface area contributed by atoms with E-state index in [2.05, 4.69) is 21.2 Å². The van der Waals surface area contributed by atoms with Crippen LogP contribution in [0.2, 0.25) is 0 Å². The summed E-state index contributed by atoms with van der Waals surface area (Å²) in [7, 11) is 0. The van der Waals surface area contributed by atoms with Gasteiger partial charge in [0.2, 0.25) is 5.91 Å². The number of halogens is 1. The van der Waals surface area contributed by atoms with Crippen LogP contribution in [0.5, 0.6) is 5.75 Å². The number of hydrogen-bond acceptors (Lipinski definition) is 2. The zero-order chi connectivity index (χ0) is 16.8. The molecule has 2 aromatic carbocycles. The number of ether oxygens (including phenoxy) is 1. The van der Waals surface area contributed by atoms with Crippen LogP contribution in [-0.4, -0.2) is 12.0 Å². The molecule has 0 unspecified atom stereocenters. The van der Waals surface area contributed by atoms with Gasteiger partial charge in [-0.05, 0) is 62.6 Å². The maximum Gasteiger partial charge on any atom is 0.224 e. The van der Waals surface area contributed by atoms with Crippen molar-refractivity contribution in [2.75, 3.05) is 5.32 Å². The minimum atomic E-state index is 0.0152. The minimum Gasteiger partial charge on any atom is -0.491 e. The quantitative estimate of drug-likeness (QED) is 0.760. The first-order valence-corrected chi connectivity index (χ1v) is 8.55. The lowest BCUT2D eigenvalue weighted by Gasteiger charge is -2.13. The van der Waals surface area contributed by atoms with Crippen molar-refractivity contribution < 1.29 is 9.53 Å². The summed E-state index contributed by atoms with van der Waals surface area (Å²) >= 11 is 3.51. The average molecular weight is 376 g/mol. The fourth-order valence-corrected chi connectivity index (χ4v) is 2.77. The first kappa shape index (κ1) is 17.5. The maximum absolute atomic E-state index is 12.2. The Morgan fingerprint density at radius 1 is 1.22 bits per heavy atom. The molecule has 0 bridgehead atoms. The van der Waals surface area contributed by atoms with Gasteiger partial charge in [-0.15, -0.1) is 0 Å². The van der Waals surface area contributed by atoms with Crippen molar-refractivity contribution in [2.24, 2.45) is 0 Å². The number of rotatable bonds is 6. The van der Waals surface area contributed by atoms with Crippen LogP contribution in [0.4, 0.5) is 5.69 Å². The van der Waals surface area contributed by atoms with E-state index in [1.165, 1.54) is 0 Å². The van der Waals surface area contributed by atoms with Crippen LogP contribution in [0.1, 0.15) is 31.4 Å². The average Bonchev–Trinajstić information content (AvgIpc) is 2.49. The fraction of sp³-hybridized carbons (Fsp3) is 0.316. The highest BCUT2D eigenvalue weighted by atomic mass is 79.9. The van der Waals surface area contributed by atoms with Crippen molar-refractivity contribution in [3.63, 3.8) is 0 Å². The van der Waals surface area contributed by atoms with Gasteiger partial charge in [-0.2, -0.15) is 0 Å². The Morgan fingerprint density at radius 3 is 2.61 bits per heavy atom. The van der Waals surface area contributed by atoms with Crippen molar-refractivity contribution in [3.8, 4) is 5.75 Å². The molecule has 4 heteroatoms. The molecule has 0 heterocycles. The molecule has 0 aliphatic rings. The van der Waals surface area contributed by atoms with Gasteiger partial charge in [-0.25, -0.2) is 0 Å². The standard InChI is InChI=1S/C19H22BrNO2/c1-13(2)23-16-9-10-18(14(3)12-16)21-19(22)11-8-15-6-4-5-7-17(15)20/h4-7,9-10,12-13H,8,11H2,1-3H3,(H,21,22). The molecule has 0 fully saturated rings. The molecule has 0 radical (unpaired) electrons. The Bertz CT molecular complexity index is 683. The van der Waals surface area contributed by atoms with E-state index >= 15 is 0 Å². The summed E-state index contributed by atoms with van der Waals surface area (Å²) in [5, 5.41) is 2.97. The third-order valence-electron chi connectivity index (χ3n) is 3.42. The highest BCUT2D eigenvalue weighted by Crippen LogP contribution is 2.23. The molecule has 2 rings (SSSR count). The van der Waals surface area contributed by atoms with Gasteiger partial charge in [0.15, 0.2) is 0 Å². The van der Waals surface area contributed by atoms with E-state index in [0.717, 1.165) is 27.0 Å². The molecule has 0 aliphatic heterocycles. The topological polar surface area (TPSA) is 38.3 Å². The van der Waals surface area contributed by atoms with E-state index in [0.29, 0.717) is 12.8 Å². The molecule has 122 valence electrons. The first-order chi connectivity index (χ1) is 11.0. The smallest absolute Gasteiger partial charge is 0.224 e. The zero-order valence-corrected chi connectivity index (χ0v) is 15.3. The predicted octanol–water partition coefficient (Wildman–Crippen LogP) is 5.12. The van der Waals surface area contributed by atoms with E-state index in [-0.39, 0.29) is 12.0 Å². The van der Waals surface area contributed by atoms with Crippen LogP contribution in [0, 0.1) is 6.92 Å². The van der Waals surface area contributed by atoms with Gasteiger partial charge in [0.1, 0.15) is 5.75 Å². The predicted molar refractivity (Wildman–Crippen MR) is 98.0 cm³/mol. The van der Waals surface area contributed by atoms with Crippen molar-refractivity contribution >= 4 is 27.5 Å². The molecule has 0 saturated carbocycles. The molecule has 1 amide bonds. The van der Waals surface area contributed by atoms with Crippen LogP contribution >= 0.6 is 15.9 Å². The van der Waals surface area contributed by atoms with Gasteiger partial charge in [-0.1, -0.05) is 34.1 Å². The van der Waals surface area contributed by atoms with Crippen LogP contribution in [0.25, 0.3) is 0 Å². The maximum atomic E-state index is 12.2. The van der Waals surface area contributed by atoms with Gasteiger partial charge >= 0.3 is 0 Å². The van der Waals surface area contributed by atoms with E-state index in [1.807, 2.05) is 63.2 Å². The summed E-state index contributed by atoms with van der Waals surface area (Å²) in [5.74, 6) is 0.838. The highest BCUT2D eigenvalue weighted by molar-refractivity contribution is 9.10. The van der Waals surface area contributed by atoms with Crippen molar-refractivity contribution in [1.29, 1.82) is 0 Å². The Labute approximate surface area is 146 Å². The number of benzene rings is 2.